The van der Waals surface area contributed by atoms with Crippen molar-refractivity contribution in [3.8, 4) is 0 Å². The van der Waals surface area contributed by atoms with E-state index < -0.39 is 5.60 Å². The first-order chi connectivity index (χ1) is 10.4. The van der Waals surface area contributed by atoms with Gasteiger partial charge in [0.25, 0.3) is 0 Å². The fourth-order valence-corrected chi connectivity index (χ4v) is 2.90. The Morgan fingerprint density at radius 1 is 1.50 bits per heavy atom. The number of nitrogens with one attached hydrogen (secondary N) is 2. The highest BCUT2D eigenvalue weighted by Gasteiger charge is 2.23. The van der Waals surface area contributed by atoms with Gasteiger partial charge < -0.3 is 20.3 Å². The van der Waals surface area contributed by atoms with Gasteiger partial charge in [0.05, 0.1) is 0 Å². The van der Waals surface area contributed by atoms with Crippen LogP contribution in [-0.4, -0.2) is 55.9 Å². The molecule has 2 aliphatic heterocycles. The second-order valence-corrected chi connectivity index (χ2v) is 7.38. The Kier molecular flexibility index (Phi) is 6.26. The fraction of sp³-hybridized carbons (Fsp3) is 0.824. The minimum absolute atomic E-state index is 0.205. The molecule has 0 spiro atoms. The van der Waals surface area contributed by atoms with Crippen LogP contribution < -0.4 is 10.6 Å². The van der Waals surface area contributed by atoms with Crippen LogP contribution >= 0.6 is 0 Å². The Morgan fingerprint density at radius 3 is 2.91 bits per heavy atom. The summed E-state index contributed by atoms with van der Waals surface area (Å²) in [6.07, 6.45) is 5.52. The number of ether oxygens (including phenoxy) is 1. The molecule has 1 unspecified atom stereocenters. The zero-order valence-electron chi connectivity index (χ0n) is 14.3. The van der Waals surface area contributed by atoms with Crippen LogP contribution in [0.15, 0.2) is 11.6 Å². The summed E-state index contributed by atoms with van der Waals surface area (Å²) >= 11 is 0. The Bertz CT molecular complexity index is 395. The highest BCUT2D eigenvalue weighted by atomic mass is 16.6. The predicted octanol–water partition coefficient (Wildman–Crippen LogP) is 2.14. The number of amides is 1. The molecule has 0 bridgehead atoms. The van der Waals surface area contributed by atoms with Crippen LogP contribution in [0.4, 0.5) is 4.79 Å². The van der Waals surface area contributed by atoms with Gasteiger partial charge in [0.15, 0.2) is 0 Å². The first kappa shape index (κ1) is 17.3. The lowest BCUT2D eigenvalue weighted by molar-refractivity contribution is 0.0265. The molecule has 0 aromatic carbocycles. The van der Waals surface area contributed by atoms with E-state index in [1.54, 1.807) is 4.90 Å². The van der Waals surface area contributed by atoms with E-state index in [4.69, 9.17) is 4.74 Å². The number of hydrogen-bond donors (Lipinski definition) is 2. The van der Waals surface area contributed by atoms with Crippen molar-refractivity contribution in [3.05, 3.63) is 11.6 Å². The second-order valence-electron chi connectivity index (χ2n) is 7.38. The monoisotopic (exact) mass is 309 g/mol. The van der Waals surface area contributed by atoms with Crippen molar-refractivity contribution < 1.29 is 9.53 Å². The van der Waals surface area contributed by atoms with Gasteiger partial charge in [0, 0.05) is 19.6 Å². The molecule has 1 fully saturated rings. The molecule has 22 heavy (non-hydrogen) atoms. The molecule has 126 valence electrons. The maximum Gasteiger partial charge on any atom is 0.410 e. The summed E-state index contributed by atoms with van der Waals surface area (Å²) in [7, 11) is 0. The van der Waals surface area contributed by atoms with Gasteiger partial charge in [-0.05, 0) is 65.6 Å². The zero-order valence-corrected chi connectivity index (χ0v) is 14.3. The SMILES string of the molecule is CC(C)(C)OC(=O)N1CC=C(CNCC2CCCNC2)CC1. The van der Waals surface area contributed by atoms with E-state index in [1.807, 2.05) is 20.8 Å². The maximum absolute atomic E-state index is 12.0. The average Bonchev–Trinajstić information content (AvgIpc) is 2.47. The van der Waals surface area contributed by atoms with Crippen molar-refractivity contribution in [3.63, 3.8) is 0 Å². The van der Waals surface area contributed by atoms with E-state index in [-0.39, 0.29) is 6.09 Å². The van der Waals surface area contributed by atoms with E-state index in [9.17, 15) is 4.79 Å². The van der Waals surface area contributed by atoms with E-state index >= 15 is 0 Å². The van der Waals surface area contributed by atoms with Gasteiger partial charge in [0.1, 0.15) is 5.60 Å². The van der Waals surface area contributed by atoms with Crippen LogP contribution in [-0.2, 0) is 4.74 Å². The molecule has 2 aliphatic rings. The number of carbonyl (C=O) groups is 1. The Morgan fingerprint density at radius 2 is 2.32 bits per heavy atom. The molecule has 0 saturated carbocycles. The van der Waals surface area contributed by atoms with E-state index in [0.29, 0.717) is 6.54 Å². The van der Waals surface area contributed by atoms with Crippen LogP contribution in [0.1, 0.15) is 40.0 Å². The van der Waals surface area contributed by atoms with Crippen LogP contribution in [0.5, 0.6) is 0 Å². The van der Waals surface area contributed by atoms with Gasteiger partial charge >= 0.3 is 6.09 Å². The van der Waals surface area contributed by atoms with Gasteiger partial charge in [-0.3, -0.25) is 0 Å². The lowest BCUT2D eigenvalue weighted by atomic mass is 9.99. The van der Waals surface area contributed by atoms with Crippen molar-refractivity contribution in [2.45, 2.75) is 45.6 Å². The molecular weight excluding hydrogens is 278 g/mol. The predicted molar refractivity (Wildman–Crippen MR) is 89.0 cm³/mol. The Hall–Kier alpha value is -1.07. The largest absolute Gasteiger partial charge is 0.444 e. The molecule has 2 rings (SSSR count). The number of carbonyl (C=O) groups excluding carboxylic acids is 1. The first-order valence-electron chi connectivity index (χ1n) is 8.51. The molecule has 1 amide bonds. The van der Waals surface area contributed by atoms with Crippen molar-refractivity contribution in [1.29, 1.82) is 0 Å². The number of hydrogen-bond acceptors (Lipinski definition) is 4. The zero-order chi connectivity index (χ0) is 16.0. The summed E-state index contributed by atoms with van der Waals surface area (Å²) < 4.78 is 5.41. The minimum atomic E-state index is -0.420. The fourth-order valence-electron chi connectivity index (χ4n) is 2.90. The van der Waals surface area contributed by atoms with E-state index in [1.165, 1.54) is 25.0 Å². The summed E-state index contributed by atoms with van der Waals surface area (Å²) in [4.78, 5) is 13.8. The molecule has 0 aliphatic carbocycles. The summed E-state index contributed by atoms with van der Waals surface area (Å²) in [5.74, 6) is 0.760. The molecule has 0 aromatic rings. The summed E-state index contributed by atoms with van der Waals surface area (Å²) in [6.45, 7) is 11.5. The standard InChI is InChI=1S/C17H31N3O2/c1-17(2,3)22-16(21)20-9-6-14(7-10-20)11-19-13-15-5-4-8-18-12-15/h6,15,18-19H,4-5,7-13H2,1-3H3. The van der Waals surface area contributed by atoms with Gasteiger partial charge in [-0.25, -0.2) is 4.79 Å². The second kappa shape index (κ2) is 7.97. The summed E-state index contributed by atoms with van der Waals surface area (Å²) in [5.41, 5.74) is 0.986. The molecule has 2 heterocycles. The smallest absolute Gasteiger partial charge is 0.410 e. The number of piperidine rings is 1. The molecule has 0 radical (unpaired) electrons. The minimum Gasteiger partial charge on any atom is -0.444 e. The van der Waals surface area contributed by atoms with Gasteiger partial charge in [-0.2, -0.15) is 0 Å². The highest BCUT2D eigenvalue weighted by Crippen LogP contribution is 2.15. The van der Waals surface area contributed by atoms with Crippen molar-refractivity contribution in [2.75, 3.05) is 39.3 Å². The van der Waals surface area contributed by atoms with Crippen LogP contribution in [0.25, 0.3) is 0 Å². The van der Waals surface area contributed by atoms with Crippen molar-refractivity contribution in [2.24, 2.45) is 5.92 Å². The van der Waals surface area contributed by atoms with Gasteiger partial charge in [-0.15, -0.1) is 0 Å². The Labute approximate surface area is 134 Å². The van der Waals surface area contributed by atoms with Crippen molar-refractivity contribution in [1.82, 2.24) is 15.5 Å². The maximum atomic E-state index is 12.0. The molecule has 1 atom stereocenters. The van der Waals surface area contributed by atoms with Gasteiger partial charge in [0.2, 0.25) is 0 Å². The lowest BCUT2D eigenvalue weighted by Gasteiger charge is -2.30. The Balaban J connectivity index is 1.66. The van der Waals surface area contributed by atoms with Gasteiger partial charge in [-0.1, -0.05) is 11.6 Å². The third kappa shape index (κ3) is 5.97. The topological polar surface area (TPSA) is 53.6 Å². The molecular formula is C17H31N3O2. The summed E-state index contributed by atoms with van der Waals surface area (Å²) in [6, 6.07) is 0. The molecule has 5 nitrogen and oxygen atoms in total. The van der Waals surface area contributed by atoms with Crippen LogP contribution in [0, 0.1) is 5.92 Å². The van der Waals surface area contributed by atoms with Crippen LogP contribution in [0.3, 0.4) is 0 Å². The molecule has 0 aromatic heterocycles. The van der Waals surface area contributed by atoms with E-state index in [0.717, 1.165) is 38.5 Å². The number of nitrogens with zero attached hydrogens (tertiary/aromatic N) is 1. The first-order valence-corrected chi connectivity index (χ1v) is 8.51. The third-order valence-corrected chi connectivity index (χ3v) is 4.14. The third-order valence-electron chi connectivity index (χ3n) is 4.14. The lowest BCUT2D eigenvalue weighted by Crippen LogP contribution is -2.40. The summed E-state index contributed by atoms with van der Waals surface area (Å²) in [5, 5.41) is 7.01. The molecule has 1 saturated heterocycles. The highest BCUT2D eigenvalue weighted by molar-refractivity contribution is 5.68. The quantitative estimate of drug-likeness (QED) is 0.781. The normalized spacial score (nSPS) is 23.1. The van der Waals surface area contributed by atoms with Crippen molar-refractivity contribution >= 4 is 6.09 Å². The van der Waals surface area contributed by atoms with E-state index in [2.05, 4.69) is 16.7 Å². The average molecular weight is 309 g/mol. The van der Waals surface area contributed by atoms with Crippen LogP contribution in [0.2, 0.25) is 0 Å². The molecule has 5 heteroatoms. The number of rotatable bonds is 4. The molecule has 2 N–H and O–H groups in total.